The van der Waals surface area contributed by atoms with E-state index in [1.54, 1.807) is 0 Å². The summed E-state index contributed by atoms with van der Waals surface area (Å²) in [6.07, 6.45) is 4.20. The van der Waals surface area contributed by atoms with Gasteiger partial charge in [-0.2, -0.15) is 0 Å². The summed E-state index contributed by atoms with van der Waals surface area (Å²) in [5.74, 6) is 0.917. The summed E-state index contributed by atoms with van der Waals surface area (Å²) >= 11 is 0. The first kappa shape index (κ1) is 22.5. The molecule has 1 aliphatic rings. The third kappa shape index (κ3) is 4.34. The Morgan fingerprint density at radius 2 is 1.70 bits per heavy atom. The third-order valence-electron chi connectivity index (χ3n) is 6.13. The second-order valence-electron chi connectivity index (χ2n) is 8.35. The molecule has 0 saturated carbocycles. The molecule has 2 unspecified atom stereocenters. The van der Waals surface area contributed by atoms with E-state index in [1.165, 1.54) is 0 Å². The van der Waals surface area contributed by atoms with E-state index in [1.807, 2.05) is 78.9 Å². The molecular weight excluding hydrogens is 408 g/mol. The van der Waals surface area contributed by atoms with Gasteiger partial charge in [0.1, 0.15) is 11.6 Å². The monoisotopic (exact) mass is 438 g/mol. The van der Waals surface area contributed by atoms with Gasteiger partial charge in [0, 0.05) is 0 Å². The van der Waals surface area contributed by atoms with E-state index < -0.39 is 5.54 Å². The highest BCUT2D eigenvalue weighted by atomic mass is 16.5. The molecule has 0 bridgehead atoms. The summed E-state index contributed by atoms with van der Waals surface area (Å²) in [6.45, 7) is 6.39. The first-order valence-corrected chi connectivity index (χ1v) is 11.5. The number of ether oxygens (including phenoxy) is 1. The maximum absolute atomic E-state index is 13.9. The fraction of sp³-hybridized carbons (Fsp3) is 0.241. The lowest BCUT2D eigenvalue weighted by molar-refractivity contribution is -0.124. The van der Waals surface area contributed by atoms with Gasteiger partial charge in [-0.1, -0.05) is 80.1 Å². The van der Waals surface area contributed by atoms with Crippen LogP contribution in [0.15, 0.2) is 96.5 Å². The van der Waals surface area contributed by atoms with Crippen molar-refractivity contribution in [2.75, 3.05) is 6.61 Å². The maximum Gasteiger partial charge on any atom is 0.180 e. The van der Waals surface area contributed by atoms with Gasteiger partial charge in [-0.05, 0) is 53.3 Å². The number of hydrogen-bond acceptors (Lipinski definition) is 4. The summed E-state index contributed by atoms with van der Waals surface area (Å²) < 4.78 is 5.84. The summed E-state index contributed by atoms with van der Waals surface area (Å²) in [4.78, 5) is 18.7. The molecule has 2 atom stereocenters. The van der Waals surface area contributed by atoms with Crippen molar-refractivity contribution < 1.29 is 9.53 Å². The fourth-order valence-electron chi connectivity index (χ4n) is 4.49. The lowest BCUT2D eigenvalue weighted by Gasteiger charge is -2.27. The Morgan fingerprint density at radius 3 is 2.42 bits per heavy atom. The predicted octanol–water partition coefficient (Wildman–Crippen LogP) is 5.91. The number of carbonyl (C=O) groups excluding carboxylic acids is 1. The van der Waals surface area contributed by atoms with Crippen molar-refractivity contribution in [1.82, 2.24) is 0 Å². The lowest BCUT2D eigenvalue weighted by Crippen LogP contribution is -2.36. The number of carbonyl (C=O) groups is 1. The normalized spacial score (nSPS) is 19.8. The van der Waals surface area contributed by atoms with Crippen molar-refractivity contribution in [1.29, 1.82) is 0 Å². The molecule has 2 N–H and O–H groups in total. The SMILES string of the molecule is C=CCCOc1cccc(-c2cccc(C3(c4ccccc4)N=C(N)C(CCC)C3=O)c2)c1. The molecular formula is C29H30N2O2. The van der Waals surface area contributed by atoms with Crippen LogP contribution < -0.4 is 10.5 Å². The van der Waals surface area contributed by atoms with E-state index in [0.717, 1.165) is 40.8 Å². The Morgan fingerprint density at radius 1 is 1.00 bits per heavy atom. The molecule has 3 aromatic carbocycles. The minimum atomic E-state index is -1.13. The molecule has 0 amide bonds. The van der Waals surface area contributed by atoms with Gasteiger partial charge in [0.2, 0.25) is 0 Å². The average molecular weight is 439 g/mol. The molecule has 1 aliphatic heterocycles. The zero-order chi connectivity index (χ0) is 23.3. The van der Waals surface area contributed by atoms with Crippen LogP contribution in [0.4, 0.5) is 0 Å². The maximum atomic E-state index is 13.9. The number of nitrogens with two attached hydrogens (primary N) is 1. The second-order valence-corrected chi connectivity index (χ2v) is 8.35. The van der Waals surface area contributed by atoms with Gasteiger partial charge in [-0.3, -0.25) is 4.79 Å². The standard InChI is InChI=1S/C29H30N2O2/c1-3-5-18-33-25-17-10-13-22(20-25)21-12-9-16-24(19-21)29(23-14-7-6-8-15-23)27(32)26(11-4-2)28(30)31-29/h3,6-10,12-17,19-20,26H,1,4-5,11,18H2,2H3,(H2,30,31). The van der Waals surface area contributed by atoms with Gasteiger partial charge in [0.25, 0.3) is 0 Å². The smallest absolute Gasteiger partial charge is 0.180 e. The molecule has 0 fully saturated rings. The molecule has 168 valence electrons. The van der Waals surface area contributed by atoms with Crippen molar-refractivity contribution in [3.05, 3.63) is 103 Å². The van der Waals surface area contributed by atoms with Gasteiger partial charge in [0.05, 0.1) is 12.5 Å². The largest absolute Gasteiger partial charge is 0.493 e. The van der Waals surface area contributed by atoms with E-state index in [2.05, 4.69) is 19.6 Å². The fourth-order valence-corrected chi connectivity index (χ4v) is 4.49. The van der Waals surface area contributed by atoms with Crippen LogP contribution in [0, 0.1) is 5.92 Å². The van der Waals surface area contributed by atoms with E-state index in [-0.39, 0.29) is 11.7 Å². The third-order valence-corrected chi connectivity index (χ3v) is 6.13. The summed E-state index contributed by atoms with van der Waals surface area (Å²) in [7, 11) is 0. The number of nitrogens with zero attached hydrogens (tertiary/aromatic N) is 1. The van der Waals surface area contributed by atoms with Crippen molar-refractivity contribution in [2.45, 2.75) is 31.7 Å². The molecule has 4 rings (SSSR count). The molecule has 3 aromatic rings. The molecule has 4 nitrogen and oxygen atoms in total. The number of benzene rings is 3. The van der Waals surface area contributed by atoms with Crippen molar-refractivity contribution in [2.24, 2.45) is 16.6 Å². The topological polar surface area (TPSA) is 64.7 Å². The number of ketones is 1. The molecule has 0 spiro atoms. The van der Waals surface area contributed by atoms with Crippen LogP contribution in [0.3, 0.4) is 0 Å². The zero-order valence-corrected chi connectivity index (χ0v) is 19.0. The number of rotatable bonds is 9. The van der Waals surface area contributed by atoms with Crippen LogP contribution >= 0.6 is 0 Å². The first-order valence-electron chi connectivity index (χ1n) is 11.5. The minimum absolute atomic E-state index is 0.0479. The number of aliphatic imine (C=N–C) groups is 1. The van der Waals surface area contributed by atoms with E-state index in [9.17, 15) is 4.79 Å². The van der Waals surface area contributed by atoms with Crippen LogP contribution in [0.5, 0.6) is 5.75 Å². The molecule has 0 radical (unpaired) electrons. The van der Waals surface area contributed by atoms with E-state index in [0.29, 0.717) is 18.9 Å². The molecule has 4 heteroatoms. The van der Waals surface area contributed by atoms with Crippen molar-refractivity contribution in [3.8, 4) is 16.9 Å². The summed E-state index contributed by atoms with van der Waals surface area (Å²) in [5.41, 5.74) is 8.90. The lowest BCUT2D eigenvalue weighted by atomic mass is 9.76. The molecule has 0 aliphatic carbocycles. The average Bonchev–Trinajstić information content (AvgIpc) is 3.11. The Bertz CT molecular complexity index is 1170. The zero-order valence-electron chi connectivity index (χ0n) is 19.0. The predicted molar refractivity (Wildman–Crippen MR) is 134 cm³/mol. The first-order chi connectivity index (χ1) is 16.1. The molecule has 0 aromatic heterocycles. The van der Waals surface area contributed by atoms with Gasteiger partial charge in [-0.15, -0.1) is 6.58 Å². The minimum Gasteiger partial charge on any atom is -0.493 e. The number of hydrogen-bond donors (Lipinski definition) is 1. The highest BCUT2D eigenvalue weighted by Gasteiger charge is 2.50. The van der Waals surface area contributed by atoms with Crippen LogP contribution in [0.2, 0.25) is 0 Å². The van der Waals surface area contributed by atoms with Gasteiger partial charge >= 0.3 is 0 Å². The van der Waals surface area contributed by atoms with Crippen LogP contribution in [0.25, 0.3) is 11.1 Å². The molecule has 1 heterocycles. The van der Waals surface area contributed by atoms with Crippen LogP contribution in [-0.4, -0.2) is 18.2 Å². The Hall–Kier alpha value is -3.66. The Balaban J connectivity index is 1.79. The Labute approximate surface area is 195 Å². The van der Waals surface area contributed by atoms with Gasteiger partial charge in [-0.25, -0.2) is 4.99 Å². The number of Topliss-reactive ketones (excluding diaryl/α,β-unsaturated/α-hetero) is 1. The van der Waals surface area contributed by atoms with E-state index >= 15 is 0 Å². The second kappa shape index (κ2) is 9.86. The highest BCUT2D eigenvalue weighted by Crippen LogP contribution is 2.43. The van der Waals surface area contributed by atoms with Crippen molar-refractivity contribution >= 4 is 11.6 Å². The summed E-state index contributed by atoms with van der Waals surface area (Å²) in [6, 6.07) is 25.8. The molecule has 0 saturated heterocycles. The van der Waals surface area contributed by atoms with Crippen LogP contribution in [-0.2, 0) is 10.3 Å². The van der Waals surface area contributed by atoms with Gasteiger partial charge < -0.3 is 10.5 Å². The Kier molecular flexibility index (Phi) is 6.74. The quantitative estimate of drug-likeness (QED) is 0.334. The number of amidine groups is 1. The van der Waals surface area contributed by atoms with Gasteiger partial charge in [0.15, 0.2) is 11.3 Å². The van der Waals surface area contributed by atoms with Crippen LogP contribution in [0.1, 0.15) is 37.3 Å². The van der Waals surface area contributed by atoms with E-state index in [4.69, 9.17) is 15.5 Å². The summed E-state index contributed by atoms with van der Waals surface area (Å²) in [5, 5.41) is 0. The highest BCUT2D eigenvalue weighted by molar-refractivity contribution is 6.14. The molecule has 33 heavy (non-hydrogen) atoms. The van der Waals surface area contributed by atoms with Crippen molar-refractivity contribution in [3.63, 3.8) is 0 Å².